The predicted octanol–water partition coefficient (Wildman–Crippen LogP) is 3.82. The van der Waals surface area contributed by atoms with Crippen LogP contribution in [0.5, 0.6) is 5.75 Å². The Kier molecular flexibility index (Phi) is 5.46. The average molecular weight is 406 g/mol. The molecule has 7 nitrogen and oxygen atoms in total. The monoisotopic (exact) mass is 405 g/mol. The summed E-state index contributed by atoms with van der Waals surface area (Å²) in [5.74, 6) is 1.65. The van der Waals surface area contributed by atoms with Crippen LogP contribution < -0.4 is 21.5 Å². The Balaban J connectivity index is 1.60. The van der Waals surface area contributed by atoms with Gasteiger partial charge in [0.2, 0.25) is 5.82 Å². The van der Waals surface area contributed by atoms with E-state index in [9.17, 15) is 0 Å². The summed E-state index contributed by atoms with van der Waals surface area (Å²) in [5.41, 5.74) is 17.2. The largest absolute Gasteiger partial charge is 0.489 e. The summed E-state index contributed by atoms with van der Waals surface area (Å²) in [4.78, 5) is 4.63. The highest BCUT2D eigenvalue weighted by atomic mass is 16.5. The van der Waals surface area contributed by atoms with E-state index in [4.69, 9.17) is 20.7 Å². The number of nitrogens with one attached hydrogen (secondary N) is 1. The Bertz CT molecular complexity index is 1070. The number of ether oxygens (including phenoxy) is 1. The number of hydrogen-bond acceptors (Lipinski definition) is 7. The van der Waals surface area contributed by atoms with E-state index < -0.39 is 0 Å². The van der Waals surface area contributed by atoms with E-state index in [2.05, 4.69) is 28.1 Å². The second-order valence-corrected chi connectivity index (χ2v) is 7.85. The van der Waals surface area contributed by atoms with Crippen LogP contribution in [0.1, 0.15) is 37.4 Å². The molecule has 0 saturated carbocycles. The van der Waals surface area contributed by atoms with Gasteiger partial charge in [0.05, 0.1) is 11.8 Å². The summed E-state index contributed by atoms with van der Waals surface area (Å²) in [6.45, 7) is 8.28. The van der Waals surface area contributed by atoms with E-state index in [1.165, 1.54) is 11.1 Å². The highest BCUT2D eigenvalue weighted by molar-refractivity contribution is 5.69. The molecular weight excluding hydrogens is 378 g/mol. The zero-order valence-electron chi connectivity index (χ0n) is 17.3. The van der Waals surface area contributed by atoms with E-state index in [-0.39, 0.29) is 12.1 Å². The first kappa shape index (κ1) is 20.0. The number of hydrogen-bond donors (Lipinski definition) is 3. The Hall–Kier alpha value is -3.32. The minimum absolute atomic E-state index is 0.0505. The van der Waals surface area contributed by atoms with Crippen molar-refractivity contribution in [3.63, 3.8) is 0 Å². The summed E-state index contributed by atoms with van der Waals surface area (Å²) in [5, 5.41) is 7.68. The molecule has 3 aromatic rings. The molecule has 1 atom stereocenters. The fourth-order valence-corrected chi connectivity index (χ4v) is 3.82. The Morgan fingerprint density at radius 2 is 2.17 bits per heavy atom. The van der Waals surface area contributed by atoms with E-state index in [0.717, 1.165) is 24.0 Å². The third kappa shape index (κ3) is 4.02. The third-order valence-corrected chi connectivity index (χ3v) is 5.13. The second kappa shape index (κ2) is 8.20. The number of rotatable bonds is 7. The van der Waals surface area contributed by atoms with Gasteiger partial charge in [-0.25, -0.2) is 0 Å². The maximum Gasteiger partial charge on any atom is 0.258 e. The van der Waals surface area contributed by atoms with Gasteiger partial charge in [-0.3, -0.25) is 0 Å². The molecule has 7 heteroatoms. The van der Waals surface area contributed by atoms with Crippen LogP contribution in [-0.4, -0.2) is 22.8 Å². The van der Waals surface area contributed by atoms with Crippen LogP contribution in [0.15, 0.2) is 53.2 Å². The average Bonchev–Trinajstić information content (AvgIpc) is 3.34. The summed E-state index contributed by atoms with van der Waals surface area (Å²) in [7, 11) is 0. The minimum atomic E-state index is 0.0505. The molecule has 0 unspecified atom stereocenters. The summed E-state index contributed by atoms with van der Waals surface area (Å²) in [6, 6.07) is 11.9. The molecule has 156 valence electrons. The molecule has 1 aromatic heterocycles. The Morgan fingerprint density at radius 1 is 1.33 bits per heavy atom. The molecule has 1 aliphatic rings. The molecular formula is C23H27N5O2. The quantitative estimate of drug-likeness (QED) is 0.512. The van der Waals surface area contributed by atoms with E-state index >= 15 is 0 Å². The lowest BCUT2D eigenvalue weighted by Crippen LogP contribution is -2.24. The molecule has 0 bridgehead atoms. The number of anilines is 1. The third-order valence-electron chi connectivity index (χ3n) is 5.13. The van der Waals surface area contributed by atoms with Gasteiger partial charge >= 0.3 is 0 Å². The summed E-state index contributed by atoms with van der Waals surface area (Å²) < 4.78 is 11.2. The topological polar surface area (TPSA) is 112 Å². The molecule has 0 fully saturated rings. The van der Waals surface area contributed by atoms with Gasteiger partial charge < -0.3 is 26.0 Å². The van der Waals surface area contributed by atoms with Crippen LogP contribution in [0.3, 0.4) is 0 Å². The van der Waals surface area contributed by atoms with Crippen molar-refractivity contribution in [3.05, 3.63) is 59.8 Å². The molecule has 0 radical (unpaired) electrons. The molecule has 0 saturated heterocycles. The lowest BCUT2D eigenvalue weighted by molar-refractivity contribution is 0.244. The van der Waals surface area contributed by atoms with Crippen molar-refractivity contribution >= 4 is 5.69 Å². The van der Waals surface area contributed by atoms with Crippen molar-refractivity contribution in [2.75, 3.05) is 12.3 Å². The SMILES string of the molecule is C=C(N)CN[C@H]1CCc2c(-c3noc(-c4ccc(OC(C)C)c(N)c4)n3)cccc21. The van der Waals surface area contributed by atoms with Gasteiger partial charge in [-0.15, -0.1) is 0 Å². The molecule has 0 amide bonds. The first-order valence-corrected chi connectivity index (χ1v) is 10.1. The van der Waals surface area contributed by atoms with Gasteiger partial charge in [0.25, 0.3) is 5.89 Å². The highest BCUT2D eigenvalue weighted by Crippen LogP contribution is 2.37. The zero-order valence-corrected chi connectivity index (χ0v) is 17.3. The number of aromatic nitrogens is 2. The summed E-state index contributed by atoms with van der Waals surface area (Å²) in [6.07, 6.45) is 1.99. The molecule has 2 aromatic carbocycles. The molecule has 1 heterocycles. The normalized spacial score (nSPS) is 15.4. The minimum Gasteiger partial charge on any atom is -0.489 e. The number of nitrogens with two attached hydrogens (primary N) is 2. The van der Waals surface area contributed by atoms with Gasteiger partial charge in [0, 0.05) is 29.4 Å². The molecule has 4 rings (SSSR count). The molecule has 5 N–H and O–H groups in total. The van der Waals surface area contributed by atoms with Gasteiger partial charge in [-0.1, -0.05) is 29.9 Å². The first-order valence-electron chi connectivity index (χ1n) is 10.1. The van der Waals surface area contributed by atoms with Crippen molar-refractivity contribution in [2.24, 2.45) is 5.73 Å². The lowest BCUT2D eigenvalue weighted by Gasteiger charge is -2.14. The number of nitrogen functional groups attached to an aromatic ring is 1. The molecule has 1 aliphatic carbocycles. The molecule has 0 spiro atoms. The van der Waals surface area contributed by atoms with Crippen LogP contribution in [0, 0.1) is 0 Å². The van der Waals surface area contributed by atoms with Crippen molar-refractivity contribution in [2.45, 2.75) is 38.8 Å². The van der Waals surface area contributed by atoms with Gasteiger partial charge in [0.1, 0.15) is 5.75 Å². The van der Waals surface area contributed by atoms with E-state index in [0.29, 0.717) is 35.4 Å². The molecule has 30 heavy (non-hydrogen) atoms. The van der Waals surface area contributed by atoms with Crippen molar-refractivity contribution in [1.29, 1.82) is 0 Å². The van der Waals surface area contributed by atoms with Crippen LogP contribution in [-0.2, 0) is 6.42 Å². The number of fused-ring (bicyclic) bond motifs is 1. The van der Waals surface area contributed by atoms with Crippen LogP contribution in [0.4, 0.5) is 5.69 Å². The Labute approximate surface area is 176 Å². The number of nitrogens with zero attached hydrogens (tertiary/aromatic N) is 2. The maximum absolute atomic E-state index is 6.13. The van der Waals surface area contributed by atoms with Crippen molar-refractivity contribution < 1.29 is 9.26 Å². The lowest BCUT2D eigenvalue weighted by atomic mass is 10.0. The van der Waals surface area contributed by atoms with Crippen LogP contribution in [0.2, 0.25) is 0 Å². The second-order valence-electron chi connectivity index (χ2n) is 7.85. The van der Waals surface area contributed by atoms with Gasteiger partial charge in [-0.2, -0.15) is 4.98 Å². The fourth-order valence-electron chi connectivity index (χ4n) is 3.82. The predicted molar refractivity (Wildman–Crippen MR) is 118 cm³/mol. The van der Waals surface area contributed by atoms with Crippen molar-refractivity contribution in [1.82, 2.24) is 15.5 Å². The number of benzene rings is 2. The maximum atomic E-state index is 6.13. The van der Waals surface area contributed by atoms with Crippen molar-refractivity contribution in [3.8, 4) is 28.6 Å². The van der Waals surface area contributed by atoms with Crippen LogP contribution >= 0.6 is 0 Å². The molecule has 0 aliphatic heterocycles. The zero-order chi connectivity index (χ0) is 21.3. The van der Waals surface area contributed by atoms with E-state index in [1.807, 2.05) is 38.1 Å². The Morgan fingerprint density at radius 3 is 2.90 bits per heavy atom. The van der Waals surface area contributed by atoms with Crippen LogP contribution in [0.25, 0.3) is 22.8 Å². The first-order chi connectivity index (χ1) is 14.4. The van der Waals surface area contributed by atoms with E-state index in [1.54, 1.807) is 6.07 Å². The fraction of sp³-hybridized carbons (Fsp3) is 0.304. The summed E-state index contributed by atoms with van der Waals surface area (Å²) >= 11 is 0. The highest BCUT2D eigenvalue weighted by Gasteiger charge is 2.26. The van der Waals surface area contributed by atoms with Gasteiger partial charge in [0.15, 0.2) is 0 Å². The standard InChI is InChI=1S/C23H27N5O2/c1-13(2)29-21-10-7-15(11-19(21)25)23-27-22(28-30-23)18-6-4-5-17-16(18)8-9-20(17)26-12-14(3)24/h4-7,10-11,13,20,26H,3,8-9,12,24-25H2,1-2H3/t20-/m0/s1. The smallest absolute Gasteiger partial charge is 0.258 e. The van der Waals surface area contributed by atoms with Gasteiger partial charge in [-0.05, 0) is 56.0 Å².